The minimum atomic E-state index is 0.227. The van der Waals surface area contributed by atoms with E-state index in [2.05, 4.69) is 17.2 Å². The average molecular weight is 384 g/mol. The van der Waals surface area contributed by atoms with Crippen molar-refractivity contribution < 1.29 is 23.8 Å². The number of oxazole rings is 1. The van der Waals surface area contributed by atoms with Crippen molar-refractivity contribution in [2.45, 2.75) is 32.7 Å². The van der Waals surface area contributed by atoms with Crippen LogP contribution in [-0.2, 0) is 0 Å². The van der Waals surface area contributed by atoms with Crippen molar-refractivity contribution >= 4 is 11.1 Å². The lowest BCUT2D eigenvalue weighted by Crippen LogP contribution is -2.34. The lowest BCUT2D eigenvalue weighted by atomic mass is 10.3. The number of hydrogen-bond acceptors (Lipinski definition) is 6. The van der Waals surface area contributed by atoms with Gasteiger partial charge in [-0.2, -0.15) is 0 Å². The predicted molar refractivity (Wildman–Crippen MR) is 104 cm³/mol. The molecule has 1 fully saturated rings. The van der Waals surface area contributed by atoms with Gasteiger partial charge in [0, 0.05) is 22.9 Å². The summed E-state index contributed by atoms with van der Waals surface area (Å²) >= 11 is 0. The van der Waals surface area contributed by atoms with Crippen molar-refractivity contribution in [2.24, 2.45) is 5.92 Å². The van der Waals surface area contributed by atoms with Crippen LogP contribution in [0.15, 0.2) is 40.9 Å². The average Bonchev–Trinajstić information content (AvgIpc) is 3.42. The molecular formula is C21H26N3O4+. The highest BCUT2D eigenvalue weighted by Gasteiger charge is 2.23. The van der Waals surface area contributed by atoms with E-state index in [1.807, 2.05) is 25.1 Å². The summed E-state index contributed by atoms with van der Waals surface area (Å²) in [5.74, 6) is 2.38. The third-order valence-electron chi connectivity index (χ3n) is 4.72. The Labute approximate surface area is 163 Å². The Morgan fingerprint density at radius 1 is 1.25 bits per heavy atom. The van der Waals surface area contributed by atoms with Gasteiger partial charge in [0.25, 0.3) is 12.1 Å². The predicted octanol–water partition coefficient (Wildman–Crippen LogP) is 3.19. The highest BCUT2D eigenvalue weighted by atomic mass is 16.5. The van der Waals surface area contributed by atoms with Crippen LogP contribution in [0.25, 0.3) is 22.7 Å². The van der Waals surface area contributed by atoms with Crippen molar-refractivity contribution in [2.75, 3.05) is 19.8 Å². The summed E-state index contributed by atoms with van der Waals surface area (Å²) in [4.78, 5) is 4.47. The van der Waals surface area contributed by atoms with Crippen LogP contribution in [0, 0.1) is 5.92 Å². The van der Waals surface area contributed by atoms with E-state index in [4.69, 9.17) is 13.9 Å². The van der Waals surface area contributed by atoms with Gasteiger partial charge >= 0.3 is 5.69 Å². The summed E-state index contributed by atoms with van der Waals surface area (Å²) < 4.78 is 18.3. The van der Waals surface area contributed by atoms with Gasteiger partial charge in [-0.1, -0.05) is 6.92 Å². The second kappa shape index (κ2) is 8.06. The third-order valence-corrected chi connectivity index (χ3v) is 4.72. The molecule has 0 saturated heterocycles. The zero-order chi connectivity index (χ0) is 19.5. The molecule has 1 atom stereocenters. The molecule has 7 nitrogen and oxygen atoms in total. The number of benzene rings is 1. The molecule has 0 spiro atoms. The number of ether oxygens (including phenoxy) is 2. The fraction of sp³-hybridized carbons (Fsp3) is 0.429. The monoisotopic (exact) mass is 384 g/mol. The molecule has 3 aromatic rings. The number of likely N-dealkylation sites (N-methyl/N-ethyl adjacent to an activating group) is 1. The van der Waals surface area contributed by atoms with Gasteiger partial charge in [0.2, 0.25) is 0 Å². The highest BCUT2D eigenvalue weighted by Crippen LogP contribution is 2.31. The standard InChI is InChI=1S/C21H26N3O4/c1-3-22-14(2)12-26-17-7-9-19(24(25)11-17)21-23-18-8-6-16(10-20(18)28-21)27-13-15-4-5-15/h6-11,14-15,22,25H,3-5,12-13H2,1-2H3/q+1. The van der Waals surface area contributed by atoms with E-state index in [-0.39, 0.29) is 6.04 Å². The summed E-state index contributed by atoms with van der Waals surface area (Å²) in [5, 5.41) is 13.6. The number of nitrogens with zero attached hydrogens (tertiary/aromatic N) is 2. The molecule has 148 valence electrons. The Kier molecular flexibility index (Phi) is 5.34. The number of nitrogens with one attached hydrogen (secondary N) is 1. The number of rotatable bonds is 9. The molecular weight excluding hydrogens is 358 g/mol. The Balaban J connectivity index is 1.48. The molecule has 2 aromatic heterocycles. The summed E-state index contributed by atoms with van der Waals surface area (Å²) in [6, 6.07) is 9.35. The fourth-order valence-corrected chi connectivity index (χ4v) is 2.96. The molecule has 0 amide bonds. The van der Waals surface area contributed by atoms with Gasteiger partial charge in [-0.05, 0) is 50.4 Å². The smallest absolute Gasteiger partial charge is 0.319 e. The summed E-state index contributed by atoms with van der Waals surface area (Å²) in [5.41, 5.74) is 1.79. The molecule has 28 heavy (non-hydrogen) atoms. The van der Waals surface area contributed by atoms with Gasteiger partial charge in [0.1, 0.15) is 17.9 Å². The van der Waals surface area contributed by atoms with Crippen molar-refractivity contribution in [1.82, 2.24) is 10.3 Å². The zero-order valence-electron chi connectivity index (χ0n) is 16.2. The first kappa shape index (κ1) is 18.6. The van der Waals surface area contributed by atoms with Crippen LogP contribution in [0.4, 0.5) is 0 Å². The molecule has 1 aromatic carbocycles. The van der Waals surface area contributed by atoms with E-state index >= 15 is 0 Å². The maximum Gasteiger partial charge on any atom is 0.319 e. The Morgan fingerprint density at radius 3 is 2.82 bits per heavy atom. The quantitative estimate of drug-likeness (QED) is 0.436. The van der Waals surface area contributed by atoms with E-state index < -0.39 is 0 Å². The van der Waals surface area contributed by atoms with Crippen LogP contribution in [0.3, 0.4) is 0 Å². The molecule has 7 heteroatoms. The van der Waals surface area contributed by atoms with Gasteiger partial charge in [-0.3, -0.25) is 5.21 Å². The molecule has 0 bridgehead atoms. The zero-order valence-corrected chi connectivity index (χ0v) is 16.2. The molecule has 0 radical (unpaired) electrons. The van der Waals surface area contributed by atoms with Gasteiger partial charge in [-0.25, -0.2) is 4.98 Å². The Morgan fingerprint density at radius 2 is 2.07 bits per heavy atom. The summed E-state index contributed by atoms with van der Waals surface area (Å²) in [6.45, 7) is 6.24. The number of aromatic nitrogens is 2. The molecule has 2 N–H and O–H groups in total. The number of pyridine rings is 1. The van der Waals surface area contributed by atoms with Crippen molar-refractivity contribution in [3.05, 3.63) is 36.5 Å². The Hall–Kier alpha value is -2.80. The van der Waals surface area contributed by atoms with Crippen molar-refractivity contribution in [1.29, 1.82) is 0 Å². The second-order valence-electron chi connectivity index (χ2n) is 7.27. The lowest BCUT2D eigenvalue weighted by molar-refractivity contribution is -0.896. The van der Waals surface area contributed by atoms with Crippen LogP contribution in [0.1, 0.15) is 26.7 Å². The van der Waals surface area contributed by atoms with Gasteiger partial charge < -0.3 is 19.2 Å². The molecule has 0 aliphatic heterocycles. The van der Waals surface area contributed by atoms with Crippen molar-refractivity contribution in [3.63, 3.8) is 0 Å². The molecule has 1 aliphatic carbocycles. The normalized spacial score (nSPS) is 14.9. The van der Waals surface area contributed by atoms with Crippen LogP contribution in [0.5, 0.6) is 11.5 Å². The SMILES string of the molecule is CCNC(C)COc1ccc(-c2nc3ccc(OCC4CC4)cc3o2)[n+](O)c1. The first-order valence-electron chi connectivity index (χ1n) is 9.77. The van der Waals surface area contributed by atoms with Crippen LogP contribution in [0.2, 0.25) is 0 Å². The lowest BCUT2D eigenvalue weighted by Gasteiger charge is -2.12. The fourth-order valence-electron chi connectivity index (χ4n) is 2.96. The van der Waals surface area contributed by atoms with Crippen molar-refractivity contribution in [3.8, 4) is 23.1 Å². The Bertz CT molecular complexity index is 952. The number of hydrogen-bond donors (Lipinski definition) is 2. The van der Waals surface area contributed by atoms with Crippen LogP contribution < -0.4 is 19.5 Å². The van der Waals surface area contributed by atoms with Gasteiger partial charge in [0.05, 0.1) is 6.61 Å². The molecule has 1 unspecified atom stereocenters. The minimum absolute atomic E-state index is 0.227. The van der Waals surface area contributed by atoms with E-state index in [0.29, 0.717) is 41.0 Å². The van der Waals surface area contributed by atoms with E-state index in [0.717, 1.165) is 23.6 Å². The highest BCUT2D eigenvalue weighted by molar-refractivity contribution is 5.76. The maximum absolute atomic E-state index is 10.3. The van der Waals surface area contributed by atoms with Crippen LogP contribution >= 0.6 is 0 Å². The molecule has 1 aliphatic rings. The first-order valence-corrected chi connectivity index (χ1v) is 9.77. The van der Waals surface area contributed by atoms with Gasteiger partial charge in [-0.15, -0.1) is 0 Å². The number of fused-ring (bicyclic) bond motifs is 1. The topological polar surface area (TPSA) is 80.6 Å². The van der Waals surface area contributed by atoms with E-state index in [1.54, 1.807) is 12.1 Å². The third kappa shape index (κ3) is 4.36. The van der Waals surface area contributed by atoms with E-state index in [9.17, 15) is 5.21 Å². The summed E-state index contributed by atoms with van der Waals surface area (Å²) in [6.07, 6.45) is 4.00. The van der Waals surface area contributed by atoms with Gasteiger partial charge in [0.15, 0.2) is 11.3 Å². The second-order valence-corrected chi connectivity index (χ2v) is 7.27. The van der Waals surface area contributed by atoms with E-state index in [1.165, 1.54) is 19.0 Å². The van der Waals surface area contributed by atoms with Crippen LogP contribution in [-0.4, -0.2) is 36.0 Å². The first-order chi connectivity index (χ1) is 13.6. The molecule has 1 saturated carbocycles. The molecule has 4 rings (SSSR count). The molecule has 2 heterocycles. The maximum atomic E-state index is 10.3. The minimum Gasteiger partial charge on any atom is -0.493 e. The summed E-state index contributed by atoms with van der Waals surface area (Å²) in [7, 11) is 0. The largest absolute Gasteiger partial charge is 0.493 e.